The third kappa shape index (κ3) is 3.28. The van der Waals surface area contributed by atoms with Gasteiger partial charge in [0.1, 0.15) is 0 Å². The topological polar surface area (TPSA) is 15.3 Å². The van der Waals surface area contributed by atoms with Gasteiger partial charge in [-0.3, -0.25) is 4.90 Å². The Hall–Kier alpha value is -0.0800. The summed E-state index contributed by atoms with van der Waals surface area (Å²) in [5.41, 5.74) is 0. The average molecular weight is 184 g/mol. The molecule has 1 fully saturated rings. The summed E-state index contributed by atoms with van der Waals surface area (Å²) >= 11 is 0. The van der Waals surface area contributed by atoms with Crippen LogP contribution in [0, 0.1) is 5.92 Å². The van der Waals surface area contributed by atoms with Gasteiger partial charge in [-0.2, -0.15) is 0 Å². The molecule has 0 saturated carbocycles. The number of nitrogens with zero attached hydrogens (tertiary/aromatic N) is 1. The number of piperazine rings is 1. The van der Waals surface area contributed by atoms with Crippen LogP contribution in [0.4, 0.5) is 0 Å². The van der Waals surface area contributed by atoms with E-state index >= 15 is 0 Å². The fourth-order valence-corrected chi connectivity index (χ4v) is 2.33. The first-order valence-electron chi connectivity index (χ1n) is 5.57. The van der Waals surface area contributed by atoms with Gasteiger partial charge in [0, 0.05) is 31.7 Å². The van der Waals surface area contributed by atoms with Crippen LogP contribution < -0.4 is 5.32 Å². The third-order valence-corrected chi connectivity index (χ3v) is 2.93. The standard InChI is InChI=1S/C11H24N2/c1-9(2)7-10(3)13-6-5-12-8-11(13)4/h9-12H,5-8H2,1-4H3. The van der Waals surface area contributed by atoms with E-state index in [-0.39, 0.29) is 0 Å². The predicted molar refractivity (Wildman–Crippen MR) is 58.0 cm³/mol. The van der Waals surface area contributed by atoms with E-state index in [0.717, 1.165) is 25.0 Å². The summed E-state index contributed by atoms with van der Waals surface area (Å²) in [5.74, 6) is 0.817. The summed E-state index contributed by atoms with van der Waals surface area (Å²) in [6.07, 6.45) is 1.32. The second-order valence-electron chi connectivity index (χ2n) is 4.77. The zero-order valence-electron chi connectivity index (χ0n) is 9.51. The van der Waals surface area contributed by atoms with E-state index < -0.39 is 0 Å². The molecule has 0 bridgehead atoms. The van der Waals surface area contributed by atoms with Crippen LogP contribution in [0.1, 0.15) is 34.1 Å². The predicted octanol–water partition coefficient (Wildman–Crippen LogP) is 1.71. The molecule has 0 aliphatic carbocycles. The minimum atomic E-state index is 0.711. The van der Waals surface area contributed by atoms with Crippen molar-refractivity contribution in [1.82, 2.24) is 10.2 Å². The van der Waals surface area contributed by atoms with Crippen molar-refractivity contribution in [1.29, 1.82) is 0 Å². The summed E-state index contributed by atoms with van der Waals surface area (Å²) in [6, 6.07) is 1.46. The monoisotopic (exact) mass is 184 g/mol. The van der Waals surface area contributed by atoms with Gasteiger partial charge in [-0.25, -0.2) is 0 Å². The molecule has 1 aliphatic rings. The van der Waals surface area contributed by atoms with Crippen molar-refractivity contribution in [2.24, 2.45) is 5.92 Å². The van der Waals surface area contributed by atoms with Crippen LogP contribution in [0.3, 0.4) is 0 Å². The minimum Gasteiger partial charge on any atom is -0.314 e. The third-order valence-electron chi connectivity index (χ3n) is 2.93. The lowest BCUT2D eigenvalue weighted by Crippen LogP contribution is -2.53. The van der Waals surface area contributed by atoms with E-state index in [1.807, 2.05) is 0 Å². The van der Waals surface area contributed by atoms with Crippen LogP contribution in [0.2, 0.25) is 0 Å². The summed E-state index contributed by atoms with van der Waals surface area (Å²) in [4.78, 5) is 2.64. The smallest absolute Gasteiger partial charge is 0.0195 e. The molecule has 2 unspecified atom stereocenters. The van der Waals surface area contributed by atoms with Crippen LogP contribution in [0.15, 0.2) is 0 Å². The maximum atomic E-state index is 3.43. The molecule has 0 amide bonds. The molecule has 2 nitrogen and oxygen atoms in total. The van der Waals surface area contributed by atoms with E-state index in [4.69, 9.17) is 0 Å². The Morgan fingerprint density at radius 1 is 1.38 bits per heavy atom. The van der Waals surface area contributed by atoms with Gasteiger partial charge in [0.25, 0.3) is 0 Å². The SMILES string of the molecule is CC(C)CC(C)N1CCNCC1C. The van der Waals surface area contributed by atoms with Crippen molar-refractivity contribution in [3.05, 3.63) is 0 Å². The maximum Gasteiger partial charge on any atom is 0.0195 e. The number of rotatable bonds is 3. The van der Waals surface area contributed by atoms with Crippen molar-refractivity contribution >= 4 is 0 Å². The molecular weight excluding hydrogens is 160 g/mol. The minimum absolute atomic E-state index is 0.711. The van der Waals surface area contributed by atoms with E-state index in [1.165, 1.54) is 13.0 Å². The van der Waals surface area contributed by atoms with Crippen molar-refractivity contribution in [2.75, 3.05) is 19.6 Å². The van der Waals surface area contributed by atoms with Crippen LogP contribution in [0.25, 0.3) is 0 Å². The second-order valence-corrected chi connectivity index (χ2v) is 4.77. The summed E-state index contributed by atoms with van der Waals surface area (Å²) in [7, 11) is 0. The normalized spacial score (nSPS) is 27.9. The molecule has 1 saturated heterocycles. The largest absolute Gasteiger partial charge is 0.314 e. The van der Waals surface area contributed by atoms with Crippen molar-refractivity contribution in [3.63, 3.8) is 0 Å². The number of hydrogen-bond acceptors (Lipinski definition) is 2. The molecule has 0 aromatic heterocycles. The van der Waals surface area contributed by atoms with Gasteiger partial charge < -0.3 is 5.32 Å². The molecule has 2 heteroatoms. The molecule has 0 radical (unpaired) electrons. The zero-order chi connectivity index (χ0) is 9.84. The summed E-state index contributed by atoms with van der Waals surface area (Å²) < 4.78 is 0. The average Bonchev–Trinajstić information content (AvgIpc) is 2.03. The molecule has 1 aliphatic heterocycles. The van der Waals surface area contributed by atoms with Gasteiger partial charge in [0.05, 0.1) is 0 Å². The molecule has 2 atom stereocenters. The van der Waals surface area contributed by atoms with Crippen LogP contribution >= 0.6 is 0 Å². The Labute approximate surface area is 82.7 Å². The highest BCUT2D eigenvalue weighted by Gasteiger charge is 2.22. The first-order valence-corrected chi connectivity index (χ1v) is 5.57. The fourth-order valence-electron chi connectivity index (χ4n) is 2.33. The van der Waals surface area contributed by atoms with Gasteiger partial charge in [-0.15, -0.1) is 0 Å². The quantitative estimate of drug-likeness (QED) is 0.718. The highest BCUT2D eigenvalue weighted by atomic mass is 15.2. The molecule has 0 aromatic carbocycles. The molecule has 1 N–H and O–H groups in total. The lowest BCUT2D eigenvalue weighted by Gasteiger charge is -2.39. The van der Waals surface area contributed by atoms with Gasteiger partial charge in [0.2, 0.25) is 0 Å². The van der Waals surface area contributed by atoms with Gasteiger partial charge in [-0.05, 0) is 26.2 Å². The molecule has 1 heterocycles. The zero-order valence-corrected chi connectivity index (χ0v) is 9.51. The van der Waals surface area contributed by atoms with Crippen molar-refractivity contribution in [2.45, 2.75) is 46.2 Å². The summed E-state index contributed by atoms with van der Waals surface area (Å²) in [6.45, 7) is 12.8. The molecule has 78 valence electrons. The van der Waals surface area contributed by atoms with Crippen LogP contribution in [0.5, 0.6) is 0 Å². The van der Waals surface area contributed by atoms with Gasteiger partial charge in [0.15, 0.2) is 0 Å². The molecule has 1 rings (SSSR count). The highest BCUT2D eigenvalue weighted by Crippen LogP contribution is 2.14. The van der Waals surface area contributed by atoms with Crippen molar-refractivity contribution in [3.8, 4) is 0 Å². The molecular formula is C11H24N2. The number of hydrogen-bond donors (Lipinski definition) is 1. The lowest BCUT2D eigenvalue weighted by molar-refractivity contribution is 0.112. The fraction of sp³-hybridized carbons (Fsp3) is 1.00. The van der Waals surface area contributed by atoms with E-state index in [1.54, 1.807) is 0 Å². The van der Waals surface area contributed by atoms with Crippen molar-refractivity contribution < 1.29 is 0 Å². The maximum absolute atomic E-state index is 3.43. The Kier molecular flexibility index (Phi) is 4.20. The van der Waals surface area contributed by atoms with Crippen LogP contribution in [-0.2, 0) is 0 Å². The summed E-state index contributed by atoms with van der Waals surface area (Å²) in [5, 5.41) is 3.43. The van der Waals surface area contributed by atoms with E-state index in [9.17, 15) is 0 Å². The Bertz CT molecular complexity index is 145. The lowest BCUT2D eigenvalue weighted by atomic mass is 10.0. The van der Waals surface area contributed by atoms with Gasteiger partial charge >= 0.3 is 0 Å². The van der Waals surface area contributed by atoms with E-state index in [0.29, 0.717) is 6.04 Å². The van der Waals surface area contributed by atoms with Gasteiger partial charge in [-0.1, -0.05) is 13.8 Å². The molecule has 13 heavy (non-hydrogen) atoms. The molecule has 0 spiro atoms. The Morgan fingerprint density at radius 2 is 2.08 bits per heavy atom. The van der Waals surface area contributed by atoms with Crippen LogP contribution in [-0.4, -0.2) is 36.6 Å². The highest BCUT2D eigenvalue weighted by molar-refractivity contribution is 4.80. The Balaban J connectivity index is 2.39. The Morgan fingerprint density at radius 3 is 2.62 bits per heavy atom. The molecule has 0 aromatic rings. The number of nitrogens with one attached hydrogen (secondary N) is 1. The second kappa shape index (κ2) is 4.97. The van der Waals surface area contributed by atoms with E-state index in [2.05, 4.69) is 37.9 Å². The first-order chi connectivity index (χ1) is 6.11. The first kappa shape index (κ1) is 11.0.